The molecule has 106 valence electrons. The van der Waals surface area contributed by atoms with Crippen LogP contribution in [0.25, 0.3) is 10.9 Å². The van der Waals surface area contributed by atoms with Crippen LogP contribution in [0.4, 0.5) is 11.4 Å². The van der Waals surface area contributed by atoms with E-state index in [0.29, 0.717) is 10.9 Å². The first-order valence-corrected chi connectivity index (χ1v) is 6.44. The second kappa shape index (κ2) is 5.83. The molecule has 0 saturated carbocycles. The zero-order chi connectivity index (χ0) is 14.7. The lowest BCUT2D eigenvalue weighted by atomic mass is 10.0. The van der Waals surface area contributed by atoms with Crippen molar-refractivity contribution in [2.45, 2.75) is 19.9 Å². The minimum Gasteiger partial charge on any atom is -0.394 e. The zero-order valence-corrected chi connectivity index (χ0v) is 11.4. The number of benzene rings is 1. The van der Waals surface area contributed by atoms with Gasteiger partial charge in [-0.25, -0.2) is 4.98 Å². The van der Waals surface area contributed by atoms with Crippen molar-refractivity contribution in [3.05, 3.63) is 40.6 Å². The van der Waals surface area contributed by atoms with Crippen LogP contribution in [0.3, 0.4) is 0 Å². The molecule has 1 atom stereocenters. The predicted molar refractivity (Wildman–Crippen MR) is 77.7 cm³/mol. The summed E-state index contributed by atoms with van der Waals surface area (Å²) in [4.78, 5) is 14.7. The summed E-state index contributed by atoms with van der Waals surface area (Å²) in [6.45, 7) is 4.00. The lowest BCUT2D eigenvalue weighted by molar-refractivity contribution is -0.383. The molecule has 0 radical (unpaired) electrons. The first-order valence-electron chi connectivity index (χ1n) is 6.44. The van der Waals surface area contributed by atoms with Gasteiger partial charge in [0.15, 0.2) is 0 Å². The van der Waals surface area contributed by atoms with Crippen molar-refractivity contribution < 1.29 is 10.0 Å². The molecule has 2 aromatic rings. The lowest BCUT2D eigenvalue weighted by Gasteiger charge is -2.22. The Morgan fingerprint density at radius 1 is 1.40 bits per heavy atom. The Balaban J connectivity index is 2.50. The maximum absolute atomic E-state index is 11.0. The van der Waals surface area contributed by atoms with Gasteiger partial charge in [0, 0.05) is 23.3 Å². The Hall–Kier alpha value is -2.21. The third kappa shape index (κ3) is 2.70. The normalized spacial score (nSPS) is 12.6. The van der Waals surface area contributed by atoms with Crippen LogP contribution in [0.1, 0.15) is 13.8 Å². The third-order valence-electron chi connectivity index (χ3n) is 3.29. The van der Waals surface area contributed by atoms with Gasteiger partial charge < -0.3 is 10.4 Å². The molecule has 0 aliphatic heterocycles. The summed E-state index contributed by atoms with van der Waals surface area (Å²) >= 11 is 0. The summed E-state index contributed by atoms with van der Waals surface area (Å²) in [5, 5.41) is 24.3. The van der Waals surface area contributed by atoms with Gasteiger partial charge in [-0.1, -0.05) is 13.8 Å². The average molecular weight is 275 g/mol. The van der Waals surface area contributed by atoms with Crippen molar-refractivity contribution in [3.8, 4) is 0 Å². The van der Waals surface area contributed by atoms with Crippen molar-refractivity contribution >= 4 is 22.3 Å². The quantitative estimate of drug-likeness (QED) is 0.646. The van der Waals surface area contributed by atoms with Gasteiger partial charge in [0.1, 0.15) is 5.52 Å². The number of nitrogens with zero attached hydrogens (tertiary/aromatic N) is 2. The second-order valence-electron chi connectivity index (χ2n) is 4.97. The maximum Gasteiger partial charge on any atom is 0.295 e. The van der Waals surface area contributed by atoms with E-state index in [2.05, 4.69) is 10.3 Å². The van der Waals surface area contributed by atoms with Gasteiger partial charge in [-0.15, -0.1) is 0 Å². The van der Waals surface area contributed by atoms with Crippen LogP contribution in [-0.2, 0) is 0 Å². The summed E-state index contributed by atoms with van der Waals surface area (Å²) in [7, 11) is 0. The van der Waals surface area contributed by atoms with Crippen LogP contribution in [0.2, 0.25) is 0 Å². The van der Waals surface area contributed by atoms with Crippen molar-refractivity contribution in [2.24, 2.45) is 5.92 Å². The van der Waals surface area contributed by atoms with E-state index in [1.807, 2.05) is 13.8 Å². The topological polar surface area (TPSA) is 88.3 Å². The standard InChI is InChI=1S/C14H17N3O3/c1-9(2)12(8-18)16-11-5-6-13(17(19)20)14-10(11)4-3-7-15-14/h3-7,9,12,16,18H,8H2,1-2H3. The van der Waals surface area contributed by atoms with E-state index < -0.39 is 4.92 Å². The summed E-state index contributed by atoms with van der Waals surface area (Å²) < 4.78 is 0. The highest BCUT2D eigenvalue weighted by Crippen LogP contribution is 2.30. The first-order chi connectivity index (χ1) is 9.54. The number of hydrogen-bond acceptors (Lipinski definition) is 5. The number of hydrogen-bond donors (Lipinski definition) is 2. The van der Waals surface area contributed by atoms with Gasteiger partial charge in [-0.2, -0.15) is 0 Å². The van der Waals surface area contributed by atoms with E-state index in [0.717, 1.165) is 5.69 Å². The van der Waals surface area contributed by atoms with Crippen LogP contribution in [0, 0.1) is 16.0 Å². The molecule has 1 heterocycles. The number of pyridine rings is 1. The molecule has 2 N–H and O–H groups in total. The number of aliphatic hydroxyl groups excluding tert-OH is 1. The molecule has 20 heavy (non-hydrogen) atoms. The van der Waals surface area contributed by atoms with Gasteiger partial charge >= 0.3 is 0 Å². The second-order valence-corrected chi connectivity index (χ2v) is 4.97. The van der Waals surface area contributed by atoms with Crippen molar-refractivity contribution in [1.82, 2.24) is 4.98 Å². The van der Waals surface area contributed by atoms with Crippen molar-refractivity contribution in [2.75, 3.05) is 11.9 Å². The van der Waals surface area contributed by atoms with Crippen molar-refractivity contribution in [3.63, 3.8) is 0 Å². The first kappa shape index (κ1) is 14.2. The van der Waals surface area contributed by atoms with Crippen molar-refractivity contribution in [1.29, 1.82) is 0 Å². The summed E-state index contributed by atoms with van der Waals surface area (Å²) in [6, 6.07) is 6.51. The van der Waals surface area contributed by atoms with E-state index in [9.17, 15) is 15.2 Å². The molecule has 0 bridgehead atoms. The molecule has 0 aliphatic rings. The number of nitrogens with one attached hydrogen (secondary N) is 1. The third-order valence-corrected chi connectivity index (χ3v) is 3.29. The highest BCUT2D eigenvalue weighted by Gasteiger charge is 2.18. The number of anilines is 1. The van der Waals surface area contributed by atoms with Gasteiger partial charge in [-0.05, 0) is 24.1 Å². The molecule has 0 fully saturated rings. The number of rotatable bonds is 5. The number of nitro benzene ring substituents is 1. The Morgan fingerprint density at radius 3 is 2.75 bits per heavy atom. The van der Waals surface area contributed by atoms with Gasteiger partial charge in [0.25, 0.3) is 5.69 Å². The molecule has 1 unspecified atom stereocenters. The molecule has 0 saturated heterocycles. The molecule has 6 heteroatoms. The molecular weight excluding hydrogens is 258 g/mol. The van der Waals surface area contributed by atoms with Gasteiger partial charge in [0.2, 0.25) is 0 Å². The minimum atomic E-state index is -0.439. The fraction of sp³-hybridized carbons (Fsp3) is 0.357. The minimum absolute atomic E-state index is 0.00356. The van der Waals surface area contributed by atoms with Gasteiger partial charge in [-0.3, -0.25) is 10.1 Å². The molecule has 0 amide bonds. The molecule has 2 rings (SSSR count). The zero-order valence-electron chi connectivity index (χ0n) is 11.4. The molecular formula is C14H17N3O3. The number of aliphatic hydroxyl groups is 1. The van der Waals surface area contributed by atoms with E-state index in [1.54, 1.807) is 18.2 Å². The van der Waals surface area contributed by atoms with Crippen LogP contribution in [0.5, 0.6) is 0 Å². The Bertz CT molecular complexity index is 628. The van der Waals surface area contributed by atoms with E-state index >= 15 is 0 Å². The van der Waals surface area contributed by atoms with Crippen LogP contribution in [-0.4, -0.2) is 27.7 Å². The molecule has 0 spiro atoms. The molecule has 1 aromatic heterocycles. The number of nitro groups is 1. The monoisotopic (exact) mass is 275 g/mol. The Labute approximate surface area is 116 Å². The Morgan fingerprint density at radius 2 is 2.15 bits per heavy atom. The van der Waals surface area contributed by atoms with Crippen LogP contribution >= 0.6 is 0 Å². The molecule has 0 aliphatic carbocycles. The maximum atomic E-state index is 11.0. The largest absolute Gasteiger partial charge is 0.394 e. The number of aromatic nitrogens is 1. The smallest absolute Gasteiger partial charge is 0.295 e. The van der Waals surface area contributed by atoms with E-state index in [4.69, 9.17) is 0 Å². The summed E-state index contributed by atoms with van der Waals surface area (Å²) in [5.41, 5.74) is 1.07. The van der Waals surface area contributed by atoms with E-state index in [-0.39, 0.29) is 24.3 Å². The van der Waals surface area contributed by atoms with Gasteiger partial charge in [0.05, 0.1) is 17.6 Å². The van der Waals surface area contributed by atoms with Crippen LogP contribution in [0.15, 0.2) is 30.5 Å². The van der Waals surface area contributed by atoms with Crippen LogP contribution < -0.4 is 5.32 Å². The summed E-state index contributed by atoms with van der Waals surface area (Å²) in [5.74, 6) is 0.238. The average Bonchev–Trinajstić information content (AvgIpc) is 2.43. The van der Waals surface area contributed by atoms with E-state index in [1.165, 1.54) is 12.3 Å². The molecule has 6 nitrogen and oxygen atoms in total. The SMILES string of the molecule is CC(C)C(CO)Nc1ccc([N+](=O)[O-])c2ncccc12. The fourth-order valence-corrected chi connectivity index (χ4v) is 2.05. The molecule has 1 aromatic carbocycles. The number of fused-ring (bicyclic) bond motifs is 1. The predicted octanol–water partition coefficient (Wildman–Crippen LogP) is 2.57. The lowest BCUT2D eigenvalue weighted by Crippen LogP contribution is -2.29. The Kier molecular flexibility index (Phi) is 4.14. The highest BCUT2D eigenvalue weighted by molar-refractivity contribution is 5.96. The highest BCUT2D eigenvalue weighted by atomic mass is 16.6. The fourth-order valence-electron chi connectivity index (χ4n) is 2.05. The summed E-state index contributed by atoms with van der Waals surface area (Å²) in [6.07, 6.45) is 1.53. The number of non-ortho nitro benzene ring substituents is 1.